The van der Waals surface area contributed by atoms with Crippen molar-refractivity contribution >= 4 is 22.5 Å². The minimum Gasteiger partial charge on any atom is -0.337 e. The van der Waals surface area contributed by atoms with E-state index in [4.69, 9.17) is 0 Å². The van der Waals surface area contributed by atoms with Crippen LogP contribution >= 0.6 is 0 Å². The highest BCUT2D eigenvalue weighted by Gasteiger charge is 2.27. The third-order valence-electron chi connectivity index (χ3n) is 5.40. The Balaban J connectivity index is 1.43. The lowest BCUT2D eigenvalue weighted by atomic mass is 9.93. The Labute approximate surface area is 157 Å². The number of hydrogen-bond acceptors (Lipinski definition) is 3. The number of rotatable bonds is 2. The summed E-state index contributed by atoms with van der Waals surface area (Å²) in [5.74, 6) is 0.323. The third-order valence-corrected chi connectivity index (χ3v) is 5.40. The van der Waals surface area contributed by atoms with Gasteiger partial charge in [0.05, 0.1) is 5.52 Å². The minimum absolute atomic E-state index is 0.0169. The molecule has 1 unspecified atom stereocenters. The first-order valence-electron chi connectivity index (χ1n) is 9.37. The van der Waals surface area contributed by atoms with Gasteiger partial charge in [-0.15, -0.1) is 0 Å². The van der Waals surface area contributed by atoms with Crippen molar-refractivity contribution in [3.8, 4) is 0 Å². The van der Waals surface area contributed by atoms with E-state index in [2.05, 4.69) is 20.4 Å². The van der Waals surface area contributed by atoms with Crippen molar-refractivity contribution in [1.29, 1.82) is 0 Å². The highest BCUT2D eigenvalue weighted by Crippen LogP contribution is 2.28. The van der Waals surface area contributed by atoms with Crippen LogP contribution in [0.5, 0.6) is 0 Å². The van der Waals surface area contributed by atoms with Crippen LogP contribution in [-0.2, 0) is 0 Å². The van der Waals surface area contributed by atoms with Crippen molar-refractivity contribution in [2.75, 3.05) is 13.1 Å². The zero-order valence-corrected chi connectivity index (χ0v) is 15.0. The molecule has 0 saturated carbocycles. The summed E-state index contributed by atoms with van der Waals surface area (Å²) >= 11 is 0. The number of para-hydroxylation sites is 1. The molecule has 1 fully saturated rings. The van der Waals surface area contributed by atoms with Gasteiger partial charge in [0.2, 0.25) is 0 Å². The van der Waals surface area contributed by atoms with E-state index < -0.39 is 0 Å². The topological polar surface area (TPSA) is 50.5 Å². The molecule has 5 nitrogen and oxygen atoms in total. The molecular formula is C22H20N4O. The summed E-state index contributed by atoms with van der Waals surface area (Å²) in [6.07, 6.45) is 5.89. The van der Waals surface area contributed by atoms with Crippen LogP contribution in [0.25, 0.3) is 16.6 Å². The molecule has 1 aromatic carbocycles. The lowest BCUT2D eigenvalue weighted by Crippen LogP contribution is -2.39. The molecule has 0 radical (unpaired) electrons. The van der Waals surface area contributed by atoms with Crippen LogP contribution in [-0.4, -0.2) is 38.3 Å². The standard InChI is InChI=1S/C22H20N4O/c27-22(19-11-10-16-5-1-2-7-18(16)24-19)25-13-4-6-17(15-25)20-8-3-9-21-23-12-14-26(20)21/h1-3,5,7-12,14,17H,4,6,13,15H2. The Morgan fingerprint density at radius 2 is 1.96 bits per heavy atom. The number of carbonyl (C=O) groups is 1. The van der Waals surface area contributed by atoms with Gasteiger partial charge in [-0.1, -0.05) is 30.3 Å². The molecule has 5 rings (SSSR count). The van der Waals surface area contributed by atoms with Gasteiger partial charge >= 0.3 is 0 Å². The first-order chi connectivity index (χ1) is 13.3. The number of hydrogen-bond donors (Lipinski definition) is 0. The summed E-state index contributed by atoms with van der Waals surface area (Å²) in [6.45, 7) is 1.49. The molecule has 134 valence electrons. The van der Waals surface area contributed by atoms with Gasteiger partial charge in [-0.3, -0.25) is 4.79 Å². The fourth-order valence-corrected chi connectivity index (χ4v) is 4.05. The molecule has 0 aliphatic carbocycles. The van der Waals surface area contributed by atoms with E-state index in [9.17, 15) is 4.79 Å². The molecule has 1 amide bonds. The molecule has 0 bridgehead atoms. The van der Waals surface area contributed by atoms with Crippen LogP contribution in [0.3, 0.4) is 0 Å². The Kier molecular flexibility index (Phi) is 3.85. The van der Waals surface area contributed by atoms with Crippen LogP contribution in [0.2, 0.25) is 0 Å². The van der Waals surface area contributed by atoms with Gasteiger partial charge in [0.25, 0.3) is 5.91 Å². The molecular weight excluding hydrogens is 336 g/mol. The monoisotopic (exact) mass is 356 g/mol. The smallest absolute Gasteiger partial charge is 0.272 e. The van der Waals surface area contributed by atoms with Crippen LogP contribution in [0.1, 0.15) is 34.9 Å². The molecule has 4 heterocycles. The molecule has 1 saturated heterocycles. The van der Waals surface area contributed by atoms with Crippen molar-refractivity contribution < 1.29 is 4.79 Å². The van der Waals surface area contributed by atoms with E-state index in [1.807, 2.05) is 65.8 Å². The maximum atomic E-state index is 13.1. The van der Waals surface area contributed by atoms with E-state index in [0.29, 0.717) is 18.2 Å². The Morgan fingerprint density at radius 3 is 2.93 bits per heavy atom. The number of nitrogens with zero attached hydrogens (tertiary/aromatic N) is 4. The molecule has 1 atom stereocenters. The molecule has 27 heavy (non-hydrogen) atoms. The van der Waals surface area contributed by atoms with Crippen LogP contribution in [0.15, 0.2) is 67.0 Å². The zero-order valence-electron chi connectivity index (χ0n) is 15.0. The molecule has 0 spiro atoms. The number of pyridine rings is 2. The first-order valence-corrected chi connectivity index (χ1v) is 9.37. The zero-order chi connectivity index (χ0) is 18.2. The van der Waals surface area contributed by atoms with Gasteiger partial charge in [0.1, 0.15) is 11.3 Å². The second-order valence-electron chi connectivity index (χ2n) is 7.09. The molecule has 1 aliphatic rings. The van der Waals surface area contributed by atoms with Crippen LogP contribution < -0.4 is 0 Å². The average molecular weight is 356 g/mol. The summed E-state index contributed by atoms with van der Waals surface area (Å²) < 4.78 is 2.13. The summed E-state index contributed by atoms with van der Waals surface area (Å²) in [6, 6.07) is 17.9. The van der Waals surface area contributed by atoms with Gasteiger partial charge in [-0.05, 0) is 37.1 Å². The van der Waals surface area contributed by atoms with E-state index in [0.717, 1.165) is 35.9 Å². The highest BCUT2D eigenvalue weighted by atomic mass is 16.2. The lowest BCUT2D eigenvalue weighted by molar-refractivity contribution is 0.0700. The number of carbonyl (C=O) groups excluding carboxylic acids is 1. The largest absolute Gasteiger partial charge is 0.337 e. The van der Waals surface area contributed by atoms with Crippen molar-refractivity contribution in [2.45, 2.75) is 18.8 Å². The number of likely N-dealkylation sites (tertiary alicyclic amines) is 1. The van der Waals surface area contributed by atoms with E-state index >= 15 is 0 Å². The quantitative estimate of drug-likeness (QED) is 0.547. The Bertz CT molecular complexity index is 1130. The predicted molar refractivity (Wildman–Crippen MR) is 105 cm³/mol. The fraction of sp³-hybridized carbons (Fsp3) is 0.227. The van der Waals surface area contributed by atoms with Crippen LogP contribution in [0, 0.1) is 0 Å². The molecule has 3 aromatic heterocycles. The van der Waals surface area contributed by atoms with Gasteiger partial charge < -0.3 is 9.30 Å². The minimum atomic E-state index is 0.0169. The predicted octanol–water partition coefficient (Wildman–Crippen LogP) is 3.90. The SMILES string of the molecule is O=C(c1ccc2ccccc2n1)N1CCCC(c2cccc3nccn23)C1. The maximum absolute atomic E-state index is 13.1. The second kappa shape index (κ2) is 6.50. The Hall–Kier alpha value is -3.21. The van der Waals surface area contributed by atoms with E-state index in [-0.39, 0.29) is 5.91 Å². The second-order valence-corrected chi connectivity index (χ2v) is 7.09. The number of imidazole rings is 1. The fourth-order valence-electron chi connectivity index (χ4n) is 4.05. The van der Waals surface area contributed by atoms with Gasteiger partial charge in [-0.25, -0.2) is 9.97 Å². The van der Waals surface area contributed by atoms with Crippen molar-refractivity contribution in [1.82, 2.24) is 19.3 Å². The average Bonchev–Trinajstić information content (AvgIpc) is 3.22. The van der Waals surface area contributed by atoms with E-state index in [1.165, 1.54) is 5.69 Å². The first kappa shape index (κ1) is 16.0. The van der Waals surface area contributed by atoms with Crippen LogP contribution in [0.4, 0.5) is 0 Å². The lowest BCUT2D eigenvalue weighted by Gasteiger charge is -2.33. The van der Waals surface area contributed by atoms with Gasteiger partial charge in [0, 0.05) is 42.5 Å². The number of fused-ring (bicyclic) bond motifs is 2. The summed E-state index contributed by atoms with van der Waals surface area (Å²) in [4.78, 5) is 24.0. The maximum Gasteiger partial charge on any atom is 0.272 e. The third kappa shape index (κ3) is 2.85. The normalized spacial score (nSPS) is 17.5. The summed E-state index contributed by atoms with van der Waals surface area (Å²) in [5.41, 5.74) is 3.55. The van der Waals surface area contributed by atoms with Gasteiger partial charge in [0.15, 0.2) is 0 Å². The summed E-state index contributed by atoms with van der Waals surface area (Å²) in [5, 5.41) is 1.05. The van der Waals surface area contributed by atoms with Crippen molar-refractivity contribution in [3.63, 3.8) is 0 Å². The van der Waals surface area contributed by atoms with Crippen molar-refractivity contribution in [3.05, 3.63) is 78.4 Å². The van der Waals surface area contributed by atoms with E-state index in [1.54, 1.807) is 0 Å². The van der Waals surface area contributed by atoms with Crippen molar-refractivity contribution in [2.24, 2.45) is 0 Å². The highest BCUT2D eigenvalue weighted by molar-refractivity contribution is 5.95. The summed E-state index contributed by atoms with van der Waals surface area (Å²) in [7, 11) is 0. The number of piperidine rings is 1. The number of aromatic nitrogens is 3. The number of benzene rings is 1. The molecule has 4 aromatic rings. The molecule has 0 N–H and O–H groups in total. The number of amides is 1. The Morgan fingerprint density at radius 1 is 1.04 bits per heavy atom. The van der Waals surface area contributed by atoms with Gasteiger partial charge in [-0.2, -0.15) is 0 Å². The molecule has 1 aliphatic heterocycles. The molecule has 5 heteroatoms.